The number of aryl methyl sites for hydroxylation is 1. The molecule has 0 N–H and O–H groups in total. The molecule has 0 radical (unpaired) electrons. The van der Waals surface area contributed by atoms with Crippen LogP contribution < -0.4 is 5.69 Å². The number of piperazine rings is 1. The van der Waals surface area contributed by atoms with Gasteiger partial charge in [-0.25, -0.2) is 9.48 Å². The van der Waals surface area contributed by atoms with Crippen LogP contribution in [0.4, 0.5) is 0 Å². The van der Waals surface area contributed by atoms with Crippen molar-refractivity contribution < 1.29 is 9.59 Å². The van der Waals surface area contributed by atoms with Crippen LogP contribution >= 0.6 is 11.6 Å². The number of hydrogen-bond acceptors (Lipinski definition) is 4. The van der Waals surface area contributed by atoms with E-state index in [1.807, 2.05) is 12.1 Å². The Morgan fingerprint density at radius 3 is 2.57 bits per heavy atom. The third-order valence-electron chi connectivity index (χ3n) is 5.27. The van der Waals surface area contributed by atoms with Gasteiger partial charge in [0, 0.05) is 37.6 Å². The molecule has 1 aromatic heterocycles. The molecule has 0 bridgehead atoms. The Bertz CT molecular complexity index is 949. The first-order valence-corrected chi connectivity index (χ1v) is 9.85. The summed E-state index contributed by atoms with van der Waals surface area (Å²) < 4.78 is 2.87. The Balaban J connectivity index is 1.37. The first-order chi connectivity index (χ1) is 13.5. The van der Waals surface area contributed by atoms with Gasteiger partial charge in [-0.3, -0.25) is 14.2 Å². The van der Waals surface area contributed by atoms with Gasteiger partial charge in [0.05, 0.1) is 6.54 Å². The number of aromatic nitrogens is 3. The molecular formula is C19H22ClN5O3. The van der Waals surface area contributed by atoms with Crippen LogP contribution in [0.1, 0.15) is 24.2 Å². The van der Waals surface area contributed by atoms with Crippen molar-refractivity contribution in [3.05, 3.63) is 51.2 Å². The Hall–Kier alpha value is -2.61. The van der Waals surface area contributed by atoms with Crippen LogP contribution in [0, 0.1) is 0 Å². The molecule has 8 nitrogen and oxygen atoms in total. The lowest BCUT2D eigenvalue weighted by Gasteiger charge is -2.34. The zero-order valence-corrected chi connectivity index (χ0v) is 16.3. The maximum atomic E-state index is 12.6. The minimum Gasteiger partial charge on any atom is -0.335 e. The summed E-state index contributed by atoms with van der Waals surface area (Å²) in [5, 5.41) is 4.95. The second-order valence-electron chi connectivity index (χ2n) is 7.22. The van der Waals surface area contributed by atoms with Crippen molar-refractivity contribution in [2.75, 3.05) is 19.6 Å². The van der Waals surface area contributed by atoms with E-state index < -0.39 is 0 Å². The van der Waals surface area contributed by atoms with Gasteiger partial charge in [-0.15, -0.1) is 0 Å². The lowest BCUT2D eigenvalue weighted by Crippen LogP contribution is -2.52. The highest BCUT2D eigenvalue weighted by Gasteiger charge is 2.28. The average Bonchev–Trinajstić information content (AvgIpc) is 3.01. The minimum atomic E-state index is -0.253. The Morgan fingerprint density at radius 1 is 1.07 bits per heavy atom. The number of carbonyl (C=O) groups excluding carboxylic acids is 2. The van der Waals surface area contributed by atoms with Crippen LogP contribution in [0.25, 0.3) is 0 Å². The molecule has 2 amide bonds. The predicted octanol–water partition coefficient (Wildman–Crippen LogP) is 0.905. The molecule has 148 valence electrons. The molecule has 9 heteroatoms. The molecule has 0 saturated carbocycles. The first-order valence-electron chi connectivity index (χ1n) is 9.48. The smallest absolute Gasteiger partial charge is 0.335 e. The van der Waals surface area contributed by atoms with Gasteiger partial charge < -0.3 is 9.80 Å². The summed E-state index contributed by atoms with van der Waals surface area (Å²) in [6.45, 7) is 1.95. The second-order valence-corrected chi connectivity index (χ2v) is 7.66. The Labute approximate surface area is 167 Å². The third-order valence-corrected chi connectivity index (χ3v) is 5.53. The van der Waals surface area contributed by atoms with Gasteiger partial charge in [0.1, 0.15) is 12.4 Å². The van der Waals surface area contributed by atoms with Crippen LogP contribution in [0.2, 0.25) is 5.02 Å². The molecule has 2 aromatic rings. The van der Waals surface area contributed by atoms with Crippen molar-refractivity contribution in [2.24, 2.45) is 0 Å². The Morgan fingerprint density at radius 2 is 1.86 bits per heavy atom. The zero-order chi connectivity index (χ0) is 19.7. The lowest BCUT2D eigenvalue weighted by molar-refractivity contribution is -0.146. The summed E-state index contributed by atoms with van der Waals surface area (Å²) in [5.41, 5.74) is 0.753. The van der Waals surface area contributed by atoms with Crippen LogP contribution in [-0.2, 0) is 35.6 Å². The average molecular weight is 404 g/mol. The fourth-order valence-electron chi connectivity index (χ4n) is 3.68. The van der Waals surface area contributed by atoms with Crippen molar-refractivity contribution in [1.29, 1.82) is 0 Å². The second kappa shape index (κ2) is 7.79. The van der Waals surface area contributed by atoms with E-state index in [9.17, 15) is 14.4 Å². The van der Waals surface area contributed by atoms with E-state index in [2.05, 4.69) is 5.10 Å². The number of amides is 2. The summed E-state index contributed by atoms with van der Waals surface area (Å²) in [6.07, 6.45) is 2.73. The predicted molar refractivity (Wildman–Crippen MR) is 103 cm³/mol. The van der Waals surface area contributed by atoms with E-state index >= 15 is 0 Å². The summed E-state index contributed by atoms with van der Waals surface area (Å²) >= 11 is 5.89. The molecule has 4 rings (SSSR count). The molecule has 0 unspecified atom stereocenters. The lowest BCUT2D eigenvalue weighted by atomic mass is 10.2. The number of nitrogens with zero attached hydrogens (tertiary/aromatic N) is 5. The number of fused-ring (bicyclic) bond motifs is 1. The third kappa shape index (κ3) is 3.82. The van der Waals surface area contributed by atoms with E-state index in [0.29, 0.717) is 31.2 Å². The molecule has 2 aliphatic rings. The molecule has 1 saturated heterocycles. The topological polar surface area (TPSA) is 80.4 Å². The van der Waals surface area contributed by atoms with E-state index in [-0.39, 0.29) is 30.6 Å². The number of hydrogen-bond donors (Lipinski definition) is 0. The number of halogens is 1. The summed E-state index contributed by atoms with van der Waals surface area (Å²) in [5.74, 6) is 0.385. The van der Waals surface area contributed by atoms with Gasteiger partial charge in [-0.2, -0.15) is 5.10 Å². The van der Waals surface area contributed by atoms with Crippen molar-refractivity contribution in [1.82, 2.24) is 24.1 Å². The molecule has 0 spiro atoms. The molecular weight excluding hydrogens is 382 g/mol. The van der Waals surface area contributed by atoms with Crippen LogP contribution in [-0.4, -0.2) is 55.6 Å². The van der Waals surface area contributed by atoms with Crippen molar-refractivity contribution in [2.45, 2.75) is 38.9 Å². The maximum absolute atomic E-state index is 12.6. The molecule has 2 aliphatic heterocycles. The van der Waals surface area contributed by atoms with Gasteiger partial charge >= 0.3 is 5.69 Å². The minimum absolute atomic E-state index is 0.0226. The normalized spacial score (nSPS) is 17.0. The van der Waals surface area contributed by atoms with Crippen molar-refractivity contribution in [3.63, 3.8) is 0 Å². The number of rotatable bonds is 4. The van der Waals surface area contributed by atoms with Gasteiger partial charge in [0.2, 0.25) is 11.8 Å². The molecule has 3 heterocycles. The molecule has 1 aromatic carbocycles. The largest absolute Gasteiger partial charge is 0.346 e. The van der Waals surface area contributed by atoms with Gasteiger partial charge in [-0.1, -0.05) is 23.7 Å². The summed E-state index contributed by atoms with van der Waals surface area (Å²) in [7, 11) is 0. The summed E-state index contributed by atoms with van der Waals surface area (Å²) in [6, 6.07) is 7.37. The molecule has 0 atom stereocenters. The highest BCUT2D eigenvalue weighted by molar-refractivity contribution is 6.30. The van der Waals surface area contributed by atoms with Gasteiger partial charge in [0.15, 0.2) is 0 Å². The zero-order valence-electron chi connectivity index (χ0n) is 15.5. The van der Waals surface area contributed by atoms with Gasteiger partial charge in [0.25, 0.3) is 0 Å². The Kier molecular flexibility index (Phi) is 5.21. The molecule has 28 heavy (non-hydrogen) atoms. The van der Waals surface area contributed by atoms with E-state index in [1.54, 1.807) is 21.6 Å². The standard InChI is InChI=1S/C19H22ClN5O3/c20-15-6-4-14(5-7-15)11-22-9-10-23(12-17(22)26)18(27)13-25-19(28)24-8-2-1-3-16(24)21-25/h4-7H,1-3,8-13H2. The first kappa shape index (κ1) is 18.7. The van der Waals surface area contributed by atoms with Crippen molar-refractivity contribution >= 4 is 23.4 Å². The number of carbonyl (C=O) groups is 2. The maximum Gasteiger partial charge on any atom is 0.346 e. The van der Waals surface area contributed by atoms with Gasteiger partial charge in [-0.05, 0) is 30.5 Å². The SMILES string of the molecule is O=C(Cn1nc2n(c1=O)CCCC2)N1CCN(Cc2ccc(Cl)cc2)C(=O)C1. The van der Waals surface area contributed by atoms with E-state index in [0.717, 1.165) is 30.7 Å². The molecule has 0 aliphatic carbocycles. The molecule has 1 fully saturated rings. The highest BCUT2D eigenvalue weighted by atomic mass is 35.5. The van der Waals surface area contributed by atoms with E-state index in [4.69, 9.17) is 11.6 Å². The van der Waals surface area contributed by atoms with E-state index in [1.165, 1.54) is 9.58 Å². The highest BCUT2D eigenvalue weighted by Crippen LogP contribution is 2.14. The van der Waals surface area contributed by atoms with Crippen molar-refractivity contribution in [3.8, 4) is 0 Å². The summed E-state index contributed by atoms with van der Waals surface area (Å²) in [4.78, 5) is 40.7. The quantitative estimate of drug-likeness (QED) is 0.759. The van der Waals surface area contributed by atoms with Crippen LogP contribution in [0.3, 0.4) is 0 Å². The fraction of sp³-hybridized carbons (Fsp3) is 0.474. The fourth-order valence-corrected chi connectivity index (χ4v) is 3.80. The monoisotopic (exact) mass is 403 g/mol. The van der Waals surface area contributed by atoms with Crippen LogP contribution in [0.5, 0.6) is 0 Å². The number of benzene rings is 1. The van der Waals surface area contributed by atoms with Crippen LogP contribution in [0.15, 0.2) is 29.1 Å².